The van der Waals surface area contributed by atoms with Gasteiger partial charge in [0.2, 0.25) is 0 Å². The van der Waals surface area contributed by atoms with Crippen LogP contribution in [0.1, 0.15) is 19.5 Å². The van der Waals surface area contributed by atoms with Gasteiger partial charge in [-0.25, -0.2) is 0 Å². The summed E-state index contributed by atoms with van der Waals surface area (Å²) in [7, 11) is 4.18. The van der Waals surface area contributed by atoms with Crippen LogP contribution in [-0.2, 0) is 6.54 Å². The highest BCUT2D eigenvalue weighted by atomic mass is 32.1. The molecule has 1 rings (SSSR count). The number of hydrogen-bond acceptors (Lipinski definition) is 2. The number of imidazole rings is 1. The molecule has 4 heteroatoms. The second kappa shape index (κ2) is 3.87. The molecule has 1 N–H and O–H groups in total. The average Bonchev–Trinajstić information content (AvgIpc) is 2.35. The van der Waals surface area contributed by atoms with Crippen LogP contribution in [0.5, 0.6) is 0 Å². The molecule has 14 heavy (non-hydrogen) atoms. The van der Waals surface area contributed by atoms with Crippen LogP contribution >= 0.6 is 12.2 Å². The van der Waals surface area contributed by atoms with Crippen molar-refractivity contribution in [3.05, 3.63) is 16.7 Å². The van der Waals surface area contributed by atoms with E-state index in [4.69, 9.17) is 12.2 Å². The topological polar surface area (TPSA) is 24.0 Å². The molecule has 80 valence electrons. The molecule has 3 nitrogen and oxygen atoms in total. The molecule has 0 aromatic carbocycles. The van der Waals surface area contributed by atoms with Crippen LogP contribution in [0, 0.1) is 11.7 Å². The Labute approximate surface area is 90.7 Å². The van der Waals surface area contributed by atoms with E-state index < -0.39 is 0 Å². The first-order valence-electron chi connectivity index (χ1n) is 4.77. The molecule has 0 aliphatic rings. The van der Waals surface area contributed by atoms with Crippen molar-refractivity contribution in [1.82, 2.24) is 14.5 Å². The summed E-state index contributed by atoms with van der Waals surface area (Å²) in [6.07, 6.45) is 1.95. The van der Waals surface area contributed by atoms with Gasteiger partial charge in [0.15, 0.2) is 4.77 Å². The maximum Gasteiger partial charge on any atom is 0.177 e. The molecule has 0 fully saturated rings. The fourth-order valence-corrected chi connectivity index (χ4v) is 1.47. The standard InChI is InChI=1S/C10H19N3S/c1-8-6-11-9(14)13(8)7-10(2,3)12(4)5/h6H,7H2,1-5H3,(H,11,14). The lowest BCUT2D eigenvalue weighted by Crippen LogP contribution is -2.42. The molecule has 1 aromatic heterocycles. The van der Waals surface area contributed by atoms with Gasteiger partial charge in [0.05, 0.1) is 0 Å². The predicted octanol–water partition coefficient (Wildman–Crippen LogP) is 2.19. The largest absolute Gasteiger partial charge is 0.337 e. The third-order valence-electron chi connectivity index (χ3n) is 2.83. The van der Waals surface area contributed by atoms with Gasteiger partial charge in [-0.15, -0.1) is 0 Å². The van der Waals surface area contributed by atoms with Crippen molar-refractivity contribution in [2.24, 2.45) is 0 Å². The van der Waals surface area contributed by atoms with Crippen molar-refractivity contribution in [2.45, 2.75) is 32.9 Å². The second-order valence-electron chi connectivity index (χ2n) is 4.53. The number of aryl methyl sites for hydroxylation is 1. The summed E-state index contributed by atoms with van der Waals surface area (Å²) in [5, 5.41) is 0. The Kier molecular flexibility index (Phi) is 3.17. The molecule has 0 amide bonds. The quantitative estimate of drug-likeness (QED) is 0.778. The Balaban J connectivity index is 2.94. The third kappa shape index (κ3) is 2.25. The minimum absolute atomic E-state index is 0.116. The highest BCUT2D eigenvalue weighted by molar-refractivity contribution is 7.71. The van der Waals surface area contributed by atoms with E-state index in [1.165, 1.54) is 5.69 Å². The van der Waals surface area contributed by atoms with Gasteiger partial charge in [0.25, 0.3) is 0 Å². The van der Waals surface area contributed by atoms with Crippen LogP contribution in [0.2, 0.25) is 0 Å². The molecule has 1 heterocycles. The summed E-state index contributed by atoms with van der Waals surface area (Å²) in [6, 6.07) is 0. The number of nitrogens with one attached hydrogen (secondary N) is 1. The van der Waals surface area contributed by atoms with Crippen molar-refractivity contribution >= 4 is 12.2 Å². The number of hydrogen-bond donors (Lipinski definition) is 1. The van der Waals surface area contributed by atoms with Crippen molar-refractivity contribution in [3.63, 3.8) is 0 Å². The molecule has 0 spiro atoms. The Morgan fingerprint density at radius 1 is 1.50 bits per heavy atom. The highest BCUT2D eigenvalue weighted by Gasteiger charge is 2.21. The maximum atomic E-state index is 5.22. The molecule has 0 unspecified atom stereocenters. The SMILES string of the molecule is Cc1c[nH]c(=S)n1CC(C)(C)N(C)C. The molecule has 0 bridgehead atoms. The lowest BCUT2D eigenvalue weighted by Gasteiger charge is -2.33. The van der Waals surface area contributed by atoms with E-state index in [1.807, 2.05) is 6.20 Å². The van der Waals surface area contributed by atoms with E-state index in [0.29, 0.717) is 0 Å². The molecule has 0 radical (unpaired) electrons. The molecule has 1 aromatic rings. The molecule has 0 saturated carbocycles. The normalized spacial score (nSPS) is 12.4. The molecule has 0 atom stereocenters. The monoisotopic (exact) mass is 213 g/mol. The van der Waals surface area contributed by atoms with Crippen LogP contribution in [0.4, 0.5) is 0 Å². The Morgan fingerprint density at radius 2 is 2.07 bits per heavy atom. The third-order valence-corrected chi connectivity index (χ3v) is 3.17. The Hall–Kier alpha value is -0.610. The Bertz CT molecular complexity index is 360. The zero-order chi connectivity index (χ0) is 10.9. The minimum atomic E-state index is 0.116. The average molecular weight is 213 g/mol. The summed E-state index contributed by atoms with van der Waals surface area (Å²) >= 11 is 5.22. The summed E-state index contributed by atoms with van der Waals surface area (Å²) in [6.45, 7) is 7.40. The first-order valence-corrected chi connectivity index (χ1v) is 5.17. The smallest absolute Gasteiger partial charge is 0.177 e. The number of aromatic nitrogens is 2. The molecule has 0 saturated heterocycles. The van der Waals surface area contributed by atoms with Gasteiger partial charge in [0.1, 0.15) is 0 Å². The van der Waals surface area contributed by atoms with Crippen molar-refractivity contribution in [2.75, 3.05) is 14.1 Å². The van der Waals surface area contributed by atoms with Crippen molar-refractivity contribution in [3.8, 4) is 0 Å². The highest BCUT2D eigenvalue weighted by Crippen LogP contribution is 2.14. The van der Waals surface area contributed by atoms with E-state index in [2.05, 4.69) is 49.3 Å². The van der Waals surface area contributed by atoms with Gasteiger partial charge in [-0.1, -0.05) is 0 Å². The van der Waals surface area contributed by atoms with Crippen LogP contribution in [0.15, 0.2) is 6.20 Å². The van der Waals surface area contributed by atoms with Gasteiger partial charge < -0.3 is 14.5 Å². The number of H-pyrrole nitrogens is 1. The van der Waals surface area contributed by atoms with Crippen LogP contribution in [0.25, 0.3) is 0 Å². The number of likely N-dealkylation sites (N-methyl/N-ethyl adjacent to an activating group) is 1. The van der Waals surface area contributed by atoms with Gasteiger partial charge in [-0.2, -0.15) is 0 Å². The van der Waals surface area contributed by atoms with E-state index in [1.54, 1.807) is 0 Å². The van der Waals surface area contributed by atoms with E-state index in [9.17, 15) is 0 Å². The van der Waals surface area contributed by atoms with E-state index in [-0.39, 0.29) is 5.54 Å². The zero-order valence-electron chi connectivity index (χ0n) is 9.59. The zero-order valence-corrected chi connectivity index (χ0v) is 10.4. The molecular formula is C10H19N3S. The van der Waals surface area contributed by atoms with Gasteiger partial charge in [-0.05, 0) is 47.1 Å². The maximum absolute atomic E-state index is 5.22. The lowest BCUT2D eigenvalue weighted by atomic mass is 10.0. The van der Waals surface area contributed by atoms with Crippen LogP contribution in [-0.4, -0.2) is 34.1 Å². The van der Waals surface area contributed by atoms with Crippen molar-refractivity contribution < 1.29 is 0 Å². The first kappa shape index (κ1) is 11.5. The second-order valence-corrected chi connectivity index (χ2v) is 4.91. The number of aromatic amines is 1. The first-order chi connectivity index (χ1) is 6.34. The van der Waals surface area contributed by atoms with Gasteiger partial charge in [0, 0.05) is 24.0 Å². The van der Waals surface area contributed by atoms with Gasteiger partial charge in [-0.3, -0.25) is 0 Å². The van der Waals surface area contributed by atoms with Crippen molar-refractivity contribution in [1.29, 1.82) is 0 Å². The molecule has 0 aliphatic heterocycles. The summed E-state index contributed by atoms with van der Waals surface area (Å²) < 4.78 is 2.94. The fraction of sp³-hybridized carbons (Fsp3) is 0.700. The summed E-state index contributed by atoms with van der Waals surface area (Å²) in [4.78, 5) is 5.27. The van der Waals surface area contributed by atoms with Crippen LogP contribution < -0.4 is 0 Å². The number of nitrogens with zero attached hydrogens (tertiary/aromatic N) is 2. The molecule has 0 aliphatic carbocycles. The minimum Gasteiger partial charge on any atom is -0.337 e. The summed E-state index contributed by atoms with van der Waals surface area (Å²) in [5.74, 6) is 0. The number of rotatable bonds is 3. The fourth-order valence-electron chi connectivity index (χ4n) is 1.21. The Morgan fingerprint density at radius 3 is 2.43 bits per heavy atom. The summed E-state index contributed by atoms with van der Waals surface area (Å²) in [5.41, 5.74) is 1.30. The lowest BCUT2D eigenvalue weighted by molar-refractivity contribution is 0.168. The molecular weight excluding hydrogens is 194 g/mol. The predicted molar refractivity (Wildman–Crippen MR) is 62.1 cm³/mol. The van der Waals surface area contributed by atoms with E-state index >= 15 is 0 Å². The van der Waals surface area contributed by atoms with E-state index in [0.717, 1.165) is 11.3 Å². The van der Waals surface area contributed by atoms with Gasteiger partial charge >= 0.3 is 0 Å². The van der Waals surface area contributed by atoms with Crippen LogP contribution in [0.3, 0.4) is 0 Å².